The molecule has 1 radical (unpaired) electrons. The second-order valence-corrected chi connectivity index (χ2v) is 2.06. The molecular formula is C8H9O2. The molecule has 1 aromatic rings. The Morgan fingerprint density at radius 2 is 2.00 bits per heavy atom. The van der Waals surface area contributed by atoms with Gasteiger partial charge in [-0.15, -0.1) is 0 Å². The van der Waals surface area contributed by atoms with Crippen molar-refractivity contribution in [3.63, 3.8) is 0 Å². The lowest BCUT2D eigenvalue weighted by molar-refractivity contribution is 0.455. The number of phenolic OH excluding ortho intramolecular Hbond substituents is 2. The van der Waals surface area contributed by atoms with Crippen LogP contribution in [0.3, 0.4) is 0 Å². The highest BCUT2D eigenvalue weighted by Crippen LogP contribution is 2.21. The van der Waals surface area contributed by atoms with E-state index < -0.39 is 0 Å². The summed E-state index contributed by atoms with van der Waals surface area (Å²) < 4.78 is 0. The SMILES string of the molecule is [CH2]Cc1cc(O)ccc1O. The van der Waals surface area contributed by atoms with Crippen molar-refractivity contribution in [3.8, 4) is 11.5 Å². The van der Waals surface area contributed by atoms with Crippen LogP contribution in [-0.4, -0.2) is 10.2 Å². The molecule has 0 amide bonds. The molecule has 2 heteroatoms. The van der Waals surface area contributed by atoms with Gasteiger partial charge in [0.1, 0.15) is 11.5 Å². The van der Waals surface area contributed by atoms with Crippen LogP contribution in [0.25, 0.3) is 0 Å². The van der Waals surface area contributed by atoms with E-state index in [-0.39, 0.29) is 11.5 Å². The second-order valence-electron chi connectivity index (χ2n) is 2.06. The van der Waals surface area contributed by atoms with Gasteiger partial charge < -0.3 is 10.2 Å². The molecular weight excluding hydrogens is 128 g/mol. The van der Waals surface area contributed by atoms with Crippen LogP contribution < -0.4 is 0 Å². The van der Waals surface area contributed by atoms with Gasteiger partial charge in [-0.3, -0.25) is 0 Å². The van der Waals surface area contributed by atoms with Crippen molar-refractivity contribution in [3.05, 3.63) is 30.7 Å². The van der Waals surface area contributed by atoms with Gasteiger partial charge in [0.05, 0.1) is 0 Å². The van der Waals surface area contributed by atoms with Crippen molar-refractivity contribution in [2.24, 2.45) is 0 Å². The normalized spacial score (nSPS) is 9.70. The average molecular weight is 137 g/mol. The number of benzene rings is 1. The van der Waals surface area contributed by atoms with Gasteiger partial charge in [0.25, 0.3) is 0 Å². The highest BCUT2D eigenvalue weighted by Gasteiger charge is 1.97. The molecule has 10 heavy (non-hydrogen) atoms. The summed E-state index contributed by atoms with van der Waals surface area (Å²) in [6.07, 6.45) is 0.486. The Morgan fingerprint density at radius 1 is 1.30 bits per heavy atom. The molecule has 0 fully saturated rings. The lowest BCUT2D eigenvalue weighted by Gasteiger charge is -1.99. The molecule has 0 aliphatic rings. The van der Waals surface area contributed by atoms with E-state index in [1.54, 1.807) is 0 Å². The Labute approximate surface area is 59.7 Å². The van der Waals surface area contributed by atoms with Crippen molar-refractivity contribution >= 4 is 0 Å². The zero-order chi connectivity index (χ0) is 7.56. The van der Waals surface area contributed by atoms with Crippen molar-refractivity contribution in [2.75, 3.05) is 0 Å². The molecule has 0 bridgehead atoms. The molecule has 0 heterocycles. The lowest BCUT2D eigenvalue weighted by Crippen LogP contribution is -1.79. The minimum Gasteiger partial charge on any atom is -0.508 e. The Balaban J connectivity index is 3.09. The van der Waals surface area contributed by atoms with Crippen LogP contribution in [0.2, 0.25) is 0 Å². The number of aromatic hydroxyl groups is 2. The molecule has 2 N–H and O–H groups in total. The van der Waals surface area contributed by atoms with E-state index in [4.69, 9.17) is 10.2 Å². The van der Waals surface area contributed by atoms with Gasteiger partial charge >= 0.3 is 0 Å². The fourth-order valence-corrected chi connectivity index (χ4v) is 0.772. The maximum atomic E-state index is 9.08. The summed E-state index contributed by atoms with van der Waals surface area (Å²) in [7, 11) is 0. The first-order valence-corrected chi connectivity index (χ1v) is 3.04. The Bertz CT molecular complexity index is 231. The number of phenols is 2. The Kier molecular flexibility index (Phi) is 1.81. The summed E-state index contributed by atoms with van der Waals surface area (Å²) in [4.78, 5) is 0. The minimum atomic E-state index is 0.163. The van der Waals surface area contributed by atoms with Crippen LogP contribution in [0.1, 0.15) is 5.56 Å². The number of rotatable bonds is 1. The first-order valence-electron chi connectivity index (χ1n) is 3.04. The first-order chi connectivity index (χ1) is 4.74. The topological polar surface area (TPSA) is 40.5 Å². The molecule has 1 rings (SSSR count). The molecule has 0 saturated carbocycles. The zero-order valence-corrected chi connectivity index (χ0v) is 5.54. The fourth-order valence-electron chi connectivity index (χ4n) is 0.772. The minimum absolute atomic E-state index is 0.163. The monoisotopic (exact) mass is 137 g/mol. The van der Waals surface area contributed by atoms with Crippen LogP contribution >= 0.6 is 0 Å². The number of hydrogen-bond acceptors (Lipinski definition) is 2. The molecule has 0 atom stereocenters. The highest BCUT2D eigenvalue weighted by atomic mass is 16.3. The summed E-state index contributed by atoms with van der Waals surface area (Å²) >= 11 is 0. The Hall–Kier alpha value is -1.18. The van der Waals surface area contributed by atoms with Gasteiger partial charge in [-0.25, -0.2) is 0 Å². The van der Waals surface area contributed by atoms with Gasteiger partial charge in [0.15, 0.2) is 0 Å². The van der Waals surface area contributed by atoms with E-state index in [0.717, 1.165) is 0 Å². The molecule has 0 saturated heterocycles. The standard InChI is InChI=1S/C8H9O2/c1-2-6-5-7(9)3-4-8(6)10/h3-5,9-10H,1-2H2. The van der Waals surface area contributed by atoms with E-state index >= 15 is 0 Å². The number of hydrogen-bond donors (Lipinski definition) is 2. The fraction of sp³-hybridized carbons (Fsp3) is 0.125. The smallest absolute Gasteiger partial charge is 0.119 e. The molecule has 1 aromatic carbocycles. The van der Waals surface area contributed by atoms with Gasteiger partial charge in [0.2, 0.25) is 0 Å². The van der Waals surface area contributed by atoms with Crippen molar-refractivity contribution < 1.29 is 10.2 Å². The molecule has 0 spiro atoms. The molecule has 0 aliphatic heterocycles. The van der Waals surface area contributed by atoms with Crippen LogP contribution in [0.15, 0.2) is 18.2 Å². The van der Waals surface area contributed by atoms with Crippen molar-refractivity contribution in [1.82, 2.24) is 0 Å². The molecule has 2 nitrogen and oxygen atoms in total. The quantitative estimate of drug-likeness (QED) is 0.575. The molecule has 0 aliphatic carbocycles. The lowest BCUT2D eigenvalue weighted by atomic mass is 10.1. The van der Waals surface area contributed by atoms with E-state index in [2.05, 4.69) is 6.92 Å². The van der Waals surface area contributed by atoms with Gasteiger partial charge in [-0.2, -0.15) is 0 Å². The van der Waals surface area contributed by atoms with Crippen LogP contribution in [0, 0.1) is 6.92 Å². The maximum Gasteiger partial charge on any atom is 0.119 e. The van der Waals surface area contributed by atoms with Gasteiger partial charge in [-0.05, 0) is 37.1 Å². The summed E-state index contributed by atoms with van der Waals surface area (Å²) in [6.45, 7) is 3.59. The predicted octanol–water partition coefficient (Wildman–Crippen LogP) is 1.47. The highest BCUT2D eigenvalue weighted by molar-refractivity contribution is 5.38. The van der Waals surface area contributed by atoms with Crippen LogP contribution in [0.4, 0.5) is 0 Å². The molecule has 0 unspecified atom stereocenters. The third-order valence-electron chi connectivity index (χ3n) is 1.33. The largest absolute Gasteiger partial charge is 0.508 e. The zero-order valence-electron chi connectivity index (χ0n) is 5.54. The first kappa shape index (κ1) is 6.93. The molecule has 53 valence electrons. The van der Waals surface area contributed by atoms with E-state index in [1.165, 1.54) is 18.2 Å². The van der Waals surface area contributed by atoms with Crippen molar-refractivity contribution in [1.29, 1.82) is 0 Å². The predicted molar refractivity (Wildman–Crippen MR) is 38.8 cm³/mol. The third kappa shape index (κ3) is 1.21. The van der Waals surface area contributed by atoms with Crippen LogP contribution in [0.5, 0.6) is 11.5 Å². The Morgan fingerprint density at radius 3 is 2.50 bits per heavy atom. The summed E-state index contributed by atoms with van der Waals surface area (Å²) in [5, 5.41) is 18.0. The summed E-state index contributed by atoms with van der Waals surface area (Å²) in [6, 6.07) is 4.40. The third-order valence-corrected chi connectivity index (χ3v) is 1.33. The second kappa shape index (κ2) is 2.60. The van der Waals surface area contributed by atoms with E-state index in [1.807, 2.05) is 0 Å². The average Bonchev–Trinajstić information content (AvgIpc) is 1.94. The van der Waals surface area contributed by atoms with E-state index in [0.29, 0.717) is 12.0 Å². The van der Waals surface area contributed by atoms with Crippen LogP contribution in [-0.2, 0) is 6.42 Å². The van der Waals surface area contributed by atoms with Gasteiger partial charge in [0, 0.05) is 0 Å². The molecule has 0 aromatic heterocycles. The van der Waals surface area contributed by atoms with Crippen molar-refractivity contribution in [2.45, 2.75) is 6.42 Å². The summed E-state index contributed by atoms with van der Waals surface area (Å²) in [5.41, 5.74) is 0.667. The van der Waals surface area contributed by atoms with E-state index in [9.17, 15) is 0 Å². The van der Waals surface area contributed by atoms with Gasteiger partial charge in [-0.1, -0.05) is 0 Å². The maximum absolute atomic E-state index is 9.08. The summed E-state index contributed by atoms with van der Waals surface area (Å²) in [5.74, 6) is 0.351.